The van der Waals surface area contributed by atoms with Crippen LogP contribution in [0.5, 0.6) is 5.95 Å². The van der Waals surface area contributed by atoms with Gasteiger partial charge in [0.25, 0.3) is 5.69 Å². The molecule has 1 heterocycles. The van der Waals surface area contributed by atoms with Crippen molar-refractivity contribution in [3.63, 3.8) is 0 Å². The molecule has 72 valence electrons. The van der Waals surface area contributed by atoms with Gasteiger partial charge in [-0.2, -0.15) is 0 Å². The summed E-state index contributed by atoms with van der Waals surface area (Å²) >= 11 is 11.6. The Kier molecular flexibility index (Phi) is 2.31. The molecule has 2 rings (SSSR count). The van der Waals surface area contributed by atoms with Gasteiger partial charge in [-0.3, -0.25) is 0 Å². The van der Waals surface area contributed by atoms with E-state index in [1.807, 2.05) is 0 Å². The number of halogens is 2. The van der Waals surface area contributed by atoms with E-state index in [1.54, 1.807) is 18.2 Å². The zero-order valence-corrected chi connectivity index (χ0v) is 8.29. The quantitative estimate of drug-likeness (QED) is 0.695. The van der Waals surface area contributed by atoms with Gasteiger partial charge in [-0.1, -0.05) is 23.2 Å². The molecule has 14 heavy (non-hydrogen) atoms. The molecule has 0 aliphatic heterocycles. The fourth-order valence-corrected chi connectivity index (χ4v) is 1.38. The van der Waals surface area contributed by atoms with Gasteiger partial charge in [0.05, 0.1) is 5.27 Å². The standard InChI is InChI=1S/C8H4Cl2N2O2/c9-5-1-2-6(10)7(3-5)12-4-8(13)14-11-12/h1-4H. The third-order valence-corrected chi connectivity index (χ3v) is 2.16. The summed E-state index contributed by atoms with van der Waals surface area (Å²) < 4.78 is 5.60. The van der Waals surface area contributed by atoms with Crippen LogP contribution in [0.2, 0.25) is 10.0 Å². The van der Waals surface area contributed by atoms with E-state index in [4.69, 9.17) is 23.2 Å². The second kappa shape index (κ2) is 3.48. The minimum absolute atomic E-state index is 0.438. The minimum atomic E-state index is -0.541. The van der Waals surface area contributed by atoms with Crippen LogP contribution in [0.3, 0.4) is 0 Å². The molecular formula is C8H4Cl2N2O2. The first-order valence-electron chi connectivity index (χ1n) is 3.68. The van der Waals surface area contributed by atoms with Crippen LogP contribution in [-0.4, -0.2) is 5.27 Å². The summed E-state index contributed by atoms with van der Waals surface area (Å²) in [6, 6.07) is 4.85. The van der Waals surface area contributed by atoms with Gasteiger partial charge in [0.1, 0.15) is 11.0 Å². The number of rotatable bonds is 1. The van der Waals surface area contributed by atoms with Crippen molar-refractivity contribution in [2.45, 2.75) is 0 Å². The van der Waals surface area contributed by atoms with Crippen LogP contribution in [0.4, 0.5) is 0 Å². The number of aromatic nitrogens is 2. The smallest absolute Gasteiger partial charge is 0.259 e. The van der Waals surface area contributed by atoms with E-state index >= 15 is 0 Å². The maximum absolute atomic E-state index is 10.7. The first-order valence-corrected chi connectivity index (χ1v) is 4.43. The van der Waals surface area contributed by atoms with Crippen molar-refractivity contribution >= 4 is 23.2 Å². The lowest BCUT2D eigenvalue weighted by molar-refractivity contribution is -0.670. The lowest BCUT2D eigenvalue weighted by atomic mass is 10.3. The number of hydrogen-bond acceptors (Lipinski definition) is 3. The Hall–Kier alpha value is -1.26. The average molecular weight is 231 g/mol. The van der Waals surface area contributed by atoms with E-state index < -0.39 is 5.95 Å². The van der Waals surface area contributed by atoms with Crippen LogP contribution >= 0.6 is 23.2 Å². The molecule has 0 bridgehead atoms. The lowest BCUT2D eigenvalue weighted by Crippen LogP contribution is -2.31. The molecule has 0 aliphatic rings. The van der Waals surface area contributed by atoms with Crippen molar-refractivity contribution in [1.82, 2.24) is 5.27 Å². The van der Waals surface area contributed by atoms with E-state index in [9.17, 15) is 5.11 Å². The number of nitrogens with zero attached hydrogens (tertiary/aromatic N) is 2. The van der Waals surface area contributed by atoms with Crippen LogP contribution in [0.1, 0.15) is 0 Å². The van der Waals surface area contributed by atoms with Gasteiger partial charge in [0.15, 0.2) is 0 Å². The topological polar surface area (TPSA) is 53.0 Å². The fraction of sp³-hybridized carbons (Fsp3) is 0. The normalized spacial score (nSPS) is 10.4. The van der Waals surface area contributed by atoms with Crippen molar-refractivity contribution in [3.05, 3.63) is 34.4 Å². The van der Waals surface area contributed by atoms with Crippen molar-refractivity contribution in [1.29, 1.82) is 0 Å². The number of benzene rings is 1. The molecule has 2 aromatic rings. The second-order valence-electron chi connectivity index (χ2n) is 2.56. The van der Waals surface area contributed by atoms with Gasteiger partial charge in [0, 0.05) is 11.1 Å². The maximum atomic E-state index is 10.7. The zero-order chi connectivity index (χ0) is 10.1. The number of hydrogen-bond donors (Lipinski definition) is 0. The molecule has 0 fully saturated rings. The molecule has 0 unspecified atom stereocenters. The van der Waals surface area contributed by atoms with Crippen molar-refractivity contribution < 1.29 is 14.3 Å². The van der Waals surface area contributed by atoms with Gasteiger partial charge in [0.2, 0.25) is 6.20 Å². The third kappa shape index (κ3) is 1.66. The minimum Gasteiger partial charge on any atom is -0.539 e. The molecule has 0 atom stereocenters. The highest BCUT2D eigenvalue weighted by molar-refractivity contribution is 6.34. The molecule has 0 aliphatic carbocycles. The van der Waals surface area contributed by atoms with Gasteiger partial charge in [-0.05, 0) is 16.8 Å². The summed E-state index contributed by atoms with van der Waals surface area (Å²) in [5.41, 5.74) is 0.505. The van der Waals surface area contributed by atoms with Gasteiger partial charge in [-0.25, -0.2) is 0 Å². The third-order valence-electron chi connectivity index (χ3n) is 1.60. The predicted octanol–water partition coefficient (Wildman–Crippen LogP) is 1.33. The van der Waals surface area contributed by atoms with E-state index in [0.29, 0.717) is 15.7 Å². The average Bonchev–Trinajstić information content (AvgIpc) is 2.56. The Labute approximate surface area is 89.3 Å². The Balaban J connectivity index is 2.55. The summed E-state index contributed by atoms with van der Waals surface area (Å²) in [5, 5.41) is 15.2. The van der Waals surface area contributed by atoms with Crippen LogP contribution in [0, 0.1) is 0 Å². The van der Waals surface area contributed by atoms with Crippen molar-refractivity contribution in [2.75, 3.05) is 0 Å². The molecule has 1 aromatic carbocycles. The first kappa shape index (κ1) is 9.30. The fourth-order valence-electron chi connectivity index (χ4n) is 1.01. The molecule has 1 aromatic heterocycles. The predicted molar refractivity (Wildman–Crippen MR) is 47.5 cm³/mol. The summed E-state index contributed by atoms with van der Waals surface area (Å²) in [5.74, 6) is -0.541. The Bertz CT molecular complexity index is 470. The van der Waals surface area contributed by atoms with Gasteiger partial charge < -0.3 is 9.63 Å². The van der Waals surface area contributed by atoms with Crippen LogP contribution in [0.25, 0.3) is 5.69 Å². The SMILES string of the molecule is [O-]c1c[n+](-c2cc(Cl)ccc2Cl)no1. The molecule has 0 amide bonds. The van der Waals surface area contributed by atoms with E-state index in [0.717, 1.165) is 0 Å². The van der Waals surface area contributed by atoms with Gasteiger partial charge >= 0.3 is 0 Å². The Morgan fingerprint density at radius 1 is 1.36 bits per heavy atom. The molecule has 0 N–H and O–H groups in total. The molecule has 0 radical (unpaired) electrons. The highest BCUT2D eigenvalue weighted by atomic mass is 35.5. The molecule has 0 saturated heterocycles. The lowest BCUT2D eigenvalue weighted by Gasteiger charge is -1.93. The van der Waals surface area contributed by atoms with Crippen LogP contribution in [0.15, 0.2) is 28.9 Å². The summed E-state index contributed by atoms with van der Waals surface area (Å²) in [6.45, 7) is 0. The van der Waals surface area contributed by atoms with Crippen molar-refractivity contribution in [2.24, 2.45) is 0 Å². The maximum Gasteiger partial charge on any atom is 0.259 e. The monoisotopic (exact) mass is 230 g/mol. The highest BCUT2D eigenvalue weighted by Gasteiger charge is 2.14. The summed E-state index contributed by atoms with van der Waals surface area (Å²) in [6.07, 6.45) is 1.18. The molecule has 6 heteroatoms. The Morgan fingerprint density at radius 3 is 2.79 bits per heavy atom. The second-order valence-corrected chi connectivity index (χ2v) is 3.41. The van der Waals surface area contributed by atoms with E-state index in [-0.39, 0.29) is 0 Å². The van der Waals surface area contributed by atoms with E-state index in [2.05, 4.69) is 9.79 Å². The zero-order valence-electron chi connectivity index (χ0n) is 6.78. The van der Waals surface area contributed by atoms with E-state index in [1.165, 1.54) is 10.9 Å². The first-order chi connectivity index (χ1) is 6.66. The molecule has 0 spiro atoms. The molecule has 4 nitrogen and oxygen atoms in total. The van der Waals surface area contributed by atoms with Crippen molar-refractivity contribution in [3.8, 4) is 11.6 Å². The van der Waals surface area contributed by atoms with Crippen LogP contribution < -0.4 is 9.79 Å². The largest absolute Gasteiger partial charge is 0.539 e. The van der Waals surface area contributed by atoms with Gasteiger partial charge in [-0.15, -0.1) is 0 Å². The summed E-state index contributed by atoms with van der Waals surface area (Å²) in [7, 11) is 0. The van der Waals surface area contributed by atoms with Crippen LogP contribution in [-0.2, 0) is 0 Å². The Morgan fingerprint density at radius 2 is 2.14 bits per heavy atom. The summed E-state index contributed by atoms with van der Waals surface area (Å²) in [4.78, 5) is 0. The molecular weight excluding hydrogens is 227 g/mol. The molecule has 0 saturated carbocycles. The highest BCUT2D eigenvalue weighted by Crippen LogP contribution is 2.20.